The van der Waals surface area contributed by atoms with E-state index in [9.17, 15) is 4.79 Å². The molecule has 5 heteroatoms. The van der Waals surface area contributed by atoms with E-state index in [2.05, 4.69) is 42.3 Å². The van der Waals surface area contributed by atoms with Crippen LogP contribution >= 0.6 is 0 Å². The van der Waals surface area contributed by atoms with Gasteiger partial charge in [-0.3, -0.25) is 9.69 Å². The van der Waals surface area contributed by atoms with Crippen molar-refractivity contribution in [1.82, 2.24) is 15.7 Å². The third-order valence-electron chi connectivity index (χ3n) is 4.26. The first kappa shape index (κ1) is 17.9. The van der Waals surface area contributed by atoms with Crippen LogP contribution in [0.3, 0.4) is 0 Å². The zero-order chi connectivity index (χ0) is 16.8. The predicted molar refractivity (Wildman–Crippen MR) is 91.4 cm³/mol. The van der Waals surface area contributed by atoms with Gasteiger partial charge in [0.1, 0.15) is 0 Å². The first-order valence-electron chi connectivity index (χ1n) is 8.48. The molecule has 0 aromatic heterocycles. The van der Waals surface area contributed by atoms with Crippen molar-refractivity contribution in [1.29, 1.82) is 0 Å². The molecule has 1 amide bonds. The van der Waals surface area contributed by atoms with Crippen LogP contribution in [0, 0.1) is 5.92 Å². The van der Waals surface area contributed by atoms with Gasteiger partial charge in [-0.05, 0) is 42.4 Å². The zero-order valence-corrected chi connectivity index (χ0v) is 14.4. The summed E-state index contributed by atoms with van der Waals surface area (Å²) < 4.78 is 0. The molecule has 0 unspecified atom stereocenters. The second-order valence-corrected chi connectivity index (χ2v) is 6.94. The van der Waals surface area contributed by atoms with Crippen LogP contribution in [0.4, 0.5) is 0 Å². The molecule has 1 aromatic rings. The normalized spacial score (nSPS) is 16.2. The number of rotatable bonds is 7. The van der Waals surface area contributed by atoms with E-state index in [1.165, 1.54) is 16.7 Å². The van der Waals surface area contributed by atoms with Crippen molar-refractivity contribution < 1.29 is 10.0 Å². The fourth-order valence-electron chi connectivity index (χ4n) is 3.32. The second kappa shape index (κ2) is 8.43. The molecule has 0 spiro atoms. The summed E-state index contributed by atoms with van der Waals surface area (Å²) >= 11 is 0. The summed E-state index contributed by atoms with van der Waals surface area (Å²) in [5.41, 5.74) is 6.30. The predicted octanol–water partition coefficient (Wildman–Crippen LogP) is 1.73. The van der Waals surface area contributed by atoms with E-state index < -0.39 is 0 Å². The van der Waals surface area contributed by atoms with Crippen LogP contribution in [0.15, 0.2) is 18.2 Å². The van der Waals surface area contributed by atoms with E-state index in [-0.39, 0.29) is 18.5 Å². The first-order chi connectivity index (χ1) is 11.0. The molecule has 5 nitrogen and oxygen atoms in total. The lowest BCUT2D eigenvalue weighted by atomic mass is 9.90. The largest absolute Gasteiger partial charge is 0.351 e. The Morgan fingerprint density at radius 2 is 2.13 bits per heavy atom. The number of carbonyl (C=O) groups is 1. The maximum atomic E-state index is 11.5. The molecule has 0 saturated heterocycles. The average Bonchev–Trinajstić information content (AvgIpc) is 2.47. The van der Waals surface area contributed by atoms with Crippen molar-refractivity contribution in [2.24, 2.45) is 5.92 Å². The van der Waals surface area contributed by atoms with Gasteiger partial charge in [0.15, 0.2) is 0 Å². The third-order valence-corrected chi connectivity index (χ3v) is 4.26. The summed E-state index contributed by atoms with van der Waals surface area (Å²) in [4.78, 5) is 13.9. The Kier molecular flexibility index (Phi) is 6.57. The molecule has 1 atom stereocenters. The zero-order valence-electron chi connectivity index (χ0n) is 14.4. The Labute approximate surface area is 139 Å². The van der Waals surface area contributed by atoms with Crippen LogP contribution in [0.2, 0.25) is 0 Å². The van der Waals surface area contributed by atoms with Crippen LogP contribution in [-0.4, -0.2) is 41.7 Å². The van der Waals surface area contributed by atoms with Gasteiger partial charge >= 0.3 is 0 Å². The van der Waals surface area contributed by atoms with E-state index in [1.54, 1.807) is 0 Å². The molecule has 0 bridgehead atoms. The Morgan fingerprint density at radius 1 is 1.35 bits per heavy atom. The number of hydroxylamine groups is 1. The van der Waals surface area contributed by atoms with Gasteiger partial charge in [-0.25, -0.2) is 0 Å². The molecule has 1 aliphatic rings. The Bertz CT molecular complexity index is 531. The molecule has 23 heavy (non-hydrogen) atoms. The van der Waals surface area contributed by atoms with Crippen LogP contribution < -0.4 is 10.8 Å². The van der Waals surface area contributed by atoms with Crippen LogP contribution in [0.25, 0.3) is 0 Å². The van der Waals surface area contributed by atoms with Crippen LogP contribution in [0.5, 0.6) is 0 Å². The molecule has 2 rings (SSSR count). The van der Waals surface area contributed by atoms with Gasteiger partial charge in [0.05, 0.1) is 6.54 Å². The molecule has 3 N–H and O–H groups in total. The Balaban J connectivity index is 1.98. The smallest absolute Gasteiger partial charge is 0.236 e. The maximum absolute atomic E-state index is 11.5. The number of fused-ring (bicyclic) bond motifs is 1. The second-order valence-electron chi connectivity index (χ2n) is 6.94. The first-order valence-corrected chi connectivity index (χ1v) is 8.48. The maximum Gasteiger partial charge on any atom is 0.236 e. The van der Waals surface area contributed by atoms with Gasteiger partial charge in [-0.1, -0.05) is 32.0 Å². The van der Waals surface area contributed by atoms with Gasteiger partial charge in [0, 0.05) is 25.7 Å². The van der Waals surface area contributed by atoms with Crippen molar-refractivity contribution in [3.63, 3.8) is 0 Å². The highest BCUT2D eigenvalue weighted by atomic mass is 16.5. The minimum atomic E-state index is -0.182. The molecule has 0 fully saturated rings. The van der Waals surface area contributed by atoms with Crippen molar-refractivity contribution in [3.05, 3.63) is 34.9 Å². The molecule has 0 radical (unpaired) electrons. The van der Waals surface area contributed by atoms with E-state index in [0.717, 1.165) is 32.5 Å². The summed E-state index contributed by atoms with van der Waals surface area (Å²) in [5, 5.41) is 11.5. The summed E-state index contributed by atoms with van der Waals surface area (Å²) in [6.45, 7) is 9.26. The van der Waals surface area contributed by atoms with E-state index >= 15 is 0 Å². The number of hydrogen-bond acceptors (Lipinski definition) is 4. The highest BCUT2D eigenvalue weighted by Gasteiger charge is 2.21. The molecule has 1 aromatic carbocycles. The standard InChI is InChI=1S/C18H29N3O2/c1-13(2)9-16-6-4-5-15-7-8-21(12-17(15)16)11-14(3)20-18(22)10-19-23/h4-6,13-14,19,23H,7-12H2,1-3H3,(H,20,22)/t14-/m0/s1. The molecular weight excluding hydrogens is 290 g/mol. The monoisotopic (exact) mass is 319 g/mol. The van der Waals surface area contributed by atoms with E-state index in [1.807, 2.05) is 12.4 Å². The topological polar surface area (TPSA) is 64.6 Å². The SMILES string of the molecule is CC(C)Cc1cccc2c1CN(C[C@H](C)NC(=O)CNO)CC2. The summed E-state index contributed by atoms with van der Waals surface area (Å²) in [6.07, 6.45) is 2.19. The highest BCUT2D eigenvalue weighted by Crippen LogP contribution is 2.24. The van der Waals surface area contributed by atoms with E-state index in [0.29, 0.717) is 5.92 Å². The number of amides is 1. The average molecular weight is 319 g/mol. The fourth-order valence-corrected chi connectivity index (χ4v) is 3.32. The number of nitrogens with one attached hydrogen (secondary N) is 2. The molecule has 128 valence electrons. The third kappa shape index (κ3) is 5.30. The Hall–Kier alpha value is -1.43. The molecular formula is C18H29N3O2. The van der Waals surface area contributed by atoms with Crippen molar-refractivity contribution >= 4 is 5.91 Å². The number of benzene rings is 1. The van der Waals surface area contributed by atoms with Gasteiger partial charge in [0.25, 0.3) is 0 Å². The van der Waals surface area contributed by atoms with Gasteiger partial charge in [-0.2, -0.15) is 5.48 Å². The summed E-state index contributed by atoms with van der Waals surface area (Å²) in [6, 6.07) is 6.74. The van der Waals surface area contributed by atoms with E-state index in [4.69, 9.17) is 5.21 Å². The lowest BCUT2D eigenvalue weighted by molar-refractivity contribution is -0.122. The van der Waals surface area contributed by atoms with Crippen LogP contribution in [0.1, 0.15) is 37.5 Å². The number of nitrogens with zero attached hydrogens (tertiary/aromatic N) is 1. The minimum Gasteiger partial charge on any atom is -0.351 e. The van der Waals surface area contributed by atoms with Crippen molar-refractivity contribution in [2.75, 3.05) is 19.6 Å². The van der Waals surface area contributed by atoms with Gasteiger partial charge in [-0.15, -0.1) is 0 Å². The minimum absolute atomic E-state index is 0.0638. The van der Waals surface area contributed by atoms with Gasteiger partial charge < -0.3 is 10.5 Å². The highest BCUT2D eigenvalue weighted by molar-refractivity contribution is 5.78. The number of hydrogen-bond donors (Lipinski definition) is 3. The molecule has 0 aliphatic carbocycles. The quantitative estimate of drug-likeness (QED) is 0.670. The van der Waals surface area contributed by atoms with Crippen molar-refractivity contribution in [2.45, 2.75) is 46.2 Å². The molecule has 1 heterocycles. The Morgan fingerprint density at radius 3 is 2.83 bits per heavy atom. The summed E-state index contributed by atoms with van der Waals surface area (Å²) in [7, 11) is 0. The lowest BCUT2D eigenvalue weighted by Crippen LogP contribution is -2.45. The van der Waals surface area contributed by atoms with Crippen LogP contribution in [-0.2, 0) is 24.2 Å². The lowest BCUT2D eigenvalue weighted by Gasteiger charge is -2.32. The molecule has 1 aliphatic heterocycles. The fraction of sp³-hybridized carbons (Fsp3) is 0.611. The molecule has 0 saturated carbocycles. The summed E-state index contributed by atoms with van der Waals surface area (Å²) in [5.74, 6) is 0.471. The number of carbonyl (C=O) groups excluding carboxylic acids is 1. The van der Waals surface area contributed by atoms with Gasteiger partial charge in [0.2, 0.25) is 5.91 Å². The van der Waals surface area contributed by atoms with Crippen molar-refractivity contribution in [3.8, 4) is 0 Å².